The Balaban J connectivity index is 1.61. The highest BCUT2D eigenvalue weighted by molar-refractivity contribution is 5.17. The fourth-order valence-corrected chi connectivity index (χ4v) is 2.99. The molecule has 1 saturated heterocycles. The second kappa shape index (κ2) is 6.39. The van der Waals surface area contributed by atoms with Crippen LogP contribution < -0.4 is 0 Å². The highest BCUT2D eigenvalue weighted by Crippen LogP contribution is 2.27. The van der Waals surface area contributed by atoms with E-state index < -0.39 is 0 Å². The van der Waals surface area contributed by atoms with Crippen LogP contribution in [0.15, 0.2) is 34.7 Å². The van der Waals surface area contributed by atoms with E-state index in [-0.39, 0.29) is 0 Å². The van der Waals surface area contributed by atoms with Gasteiger partial charge < -0.3 is 9.32 Å². The molecule has 3 rings (SSSR count). The first-order valence-corrected chi connectivity index (χ1v) is 7.79. The number of rotatable bonds is 5. The second-order valence-electron chi connectivity index (χ2n) is 6.34. The van der Waals surface area contributed by atoms with Gasteiger partial charge in [-0.1, -0.05) is 44.2 Å². The average molecular weight is 285 g/mol. The van der Waals surface area contributed by atoms with Crippen molar-refractivity contribution in [1.29, 1.82) is 0 Å². The molecule has 4 heteroatoms. The van der Waals surface area contributed by atoms with Gasteiger partial charge in [0.05, 0.1) is 12.3 Å². The highest BCUT2D eigenvalue weighted by atomic mass is 16.4. The summed E-state index contributed by atoms with van der Waals surface area (Å²) in [4.78, 5) is 2.50. The first-order chi connectivity index (χ1) is 10.2. The number of hydrogen-bond acceptors (Lipinski definition) is 4. The van der Waals surface area contributed by atoms with Gasteiger partial charge in [0.15, 0.2) is 0 Å². The average Bonchev–Trinajstić information content (AvgIpc) is 3.08. The minimum absolute atomic E-state index is 0.403. The molecular weight excluding hydrogens is 262 g/mol. The summed E-state index contributed by atoms with van der Waals surface area (Å²) in [5.74, 6) is 2.64. The SMILES string of the molecule is CC(C)CN1CCC(c2nnc(Cc3ccccc3)o2)C1. The van der Waals surface area contributed by atoms with Crippen molar-refractivity contribution in [3.8, 4) is 0 Å². The quantitative estimate of drug-likeness (QED) is 0.846. The van der Waals surface area contributed by atoms with Gasteiger partial charge in [-0.2, -0.15) is 0 Å². The lowest BCUT2D eigenvalue weighted by Crippen LogP contribution is -2.24. The molecule has 0 bridgehead atoms. The Kier molecular flexibility index (Phi) is 4.34. The van der Waals surface area contributed by atoms with Crippen LogP contribution in [0.5, 0.6) is 0 Å². The largest absolute Gasteiger partial charge is 0.425 e. The van der Waals surface area contributed by atoms with E-state index in [2.05, 4.69) is 41.1 Å². The van der Waals surface area contributed by atoms with Crippen molar-refractivity contribution in [2.24, 2.45) is 5.92 Å². The zero-order valence-electron chi connectivity index (χ0n) is 12.8. The molecule has 0 radical (unpaired) electrons. The summed E-state index contributed by atoms with van der Waals surface area (Å²) in [6.45, 7) is 7.86. The van der Waals surface area contributed by atoms with Gasteiger partial charge in [0.1, 0.15) is 0 Å². The fourth-order valence-electron chi connectivity index (χ4n) is 2.99. The van der Waals surface area contributed by atoms with E-state index in [1.54, 1.807) is 0 Å². The first-order valence-electron chi connectivity index (χ1n) is 7.79. The van der Waals surface area contributed by atoms with Crippen LogP contribution >= 0.6 is 0 Å². The Bertz CT molecular complexity index is 564. The van der Waals surface area contributed by atoms with E-state index in [1.807, 2.05) is 18.2 Å². The predicted molar refractivity (Wildman–Crippen MR) is 82.2 cm³/mol. The van der Waals surface area contributed by atoms with Crippen molar-refractivity contribution in [3.63, 3.8) is 0 Å². The molecule has 2 heterocycles. The molecule has 21 heavy (non-hydrogen) atoms. The summed E-state index contributed by atoms with van der Waals surface area (Å²) >= 11 is 0. The van der Waals surface area contributed by atoms with Gasteiger partial charge >= 0.3 is 0 Å². The molecule has 1 fully saturated rings. The number of nitrogens with zero attached hydrogens (tertiary/aromatic N) is 3. The molecule has 4 nitrogen and oxygen atoms in total. The van der Waals surface area contributed by atoms with Crippen LogP contribution in [0.1, 0.15) is 43.5 Å². The number of benzene rings is 1. The zero-order chi connectivity index (χ0) is 14.7. The van der Waals surface area contributed by atoms with E-state index in [0.29, 0.717) is 11.8 Å². The molecule has 0 N–H and O–H groups in total. The van der Waals surface area contributed by atoms with Crippen molar-refractivity contribution in [1.82, 2.24) is 15.1 Å². The predicted octanol–water partition coefficient (Wildman–Crippen LogP) is 3.11. The summed E-state index contributed by atoms with van der Waals surface area (Å²) in [5.41, 5.74) is 1.21. The van der Waals surface area contributed by atoms with Crippen LogP contribution in [0.3, 0.4) is 0 Å². The van der Waals surface area contributed by atoms with Gasteiger partial charge in [0, 0.05) is 13.1 Å². The molecule has 112 valence electrons. The van der Waals surface area contributed by atoms with Crippen molar-refractivity contribution >= 4 is 0 Å². The first kappa shape index (κ1) is 14.3. The topological polar surface area (TPSA) is 42.2 Å². The lowest BCUT2D eigenvalue weighted by Gasteiger charge is -2.17. The van der Waals surface area contributed by atoms with Crippen LogP contribution in [-0.4, -0.2) is 34.7 Å². The standard InChI is InChI=1S/C17H23N3O/c1-13(2)11-20-9-8-15(12-20)17-19-18-16(21-17)10-14-6-4-3-5-7-14/h3-7,13,15H,8-12H2,1-2H3. The zero-order valence-corrected chi connectivity index (χ0v) is 12.8. The van der Waals surface area contributed by atoms with Gasteiger partial charge in [-0.3, -0.25) is 0 Å². The van der Waals surface area contributed by atoms with E-state index in [4.69, 9.17) is 4.42 Å². The third kappa shape index (κ3) is 3.70. The van der Waals surface area contributed by atoms with E-state index >= 15 is 0 Å². The normalized spacial score (nSPS) is 19.5. The minimum atomic E-state index is 0.403. The summed E-state index contributed by atoms with van der Waals surface area (Å²) in [5, 5.41) is 8.47. The summed E-state index contributed by atoms with van der Waals surface area (Å²) in [6.07, 6.45) is 1.84. The Morgan fingerprint density at radius 3 is 2.81 bits per heavy atom. The van der Waals surface area contributed by atoms with E-state index in [1.165, 1.54) is 5.56 Å². The maximum absolute atomic E-state index is 5.88. The lowest BCUT2D eigenvalue weighted by atomic mass is 10.1. The van der Waals surface area contributed by atoms with Crippen molar-refractivity contribution in [2.45, 2.75) is 32.6 Å². The third-order valence-corrected chi connectivity index (χ3v) is 3.93. The van der Waals surface area contributed by atoms with Gasteiger partial charge in [0.25, 0.3) is 0 Å². The number of aromatic nitrogens is 2. The molecule has 0 saturated carbocycles. The van der Waals surface area contributed by atoms with Gasteiger partial charge in [-0.15, -0.1) is 10.2 Å². The van der Waals surface area contributed by atoms with Gasteiger partial charge in [-0.05, 0) is 24.4 Å². The molecule has 1 atom stereocenters. The monoisotopic (exact) mass is 285 g/mol. The number of hydrogen-bond donors (Lipinski definition) is 0. The van der Waals surface area contributed by atoms with Crippen LogP contribution in [0.4, 0.5) is 0 Å². The van der Waals surface area contributed by atoms with Crippen LogP contribution in [0.2, 0.25) is 0 Å². The highest BCUT2D eigenvalue weighted by Gasteiger charge is 2.28. The molecule has 2 aromatic rings. The Hall–Kier alpha value is -1.68. The summed E-state index contributed by atoms with van der Waals surface area (Å²) in [7, 11) is 0. The molecule has 0 amide bonds. The van der Waals surface area contributed by atoms with Gasteiger partial charge in [-0.25, -0.2) is 0 Å². The molecular formula is C17H23N3O. The van der Waals surface area contributed by atoms with Crippen molar-refractivity contribution in [3.05, 3.63) is 47.7 Å². The Morgan fingerprint density at radius 2 is 2.05 bits per heavy atom. The molecule has 0 aliphatic carbocycles. The van der Waals surface area contributed by atoms with E-state index in [0.717, 1.165) is 44.3 Å². The molecule has 1 aliphatic rings. The molecule has 1 aromatic heterocycles. The molecule has 0 spiro atoms. The maximum Gasteiger partial charge on any atom is 0.220 e. The molecule has 1 aliphatic heterocycles. The minimum Gasteiger partial charge on any atom is -0.425 e. The lowest BCUT2D eigenvalue weighted by molar-refractivity contribution is 0.289. The number of likely N-dealkylation sites (tertiary alicyclic amines) is 1. The van der Waals surface area contributed by atoms with Crippen LogP contribution in [0.25, 0.3) is 0 Å². The summed E-state index contributed by atoms with van der Waals surface area (Å²) < 4.78 is 5.88. The fraction of sp³-hybridized carbons (Fsp3) is 0.529. The van der Waals surface area contributed by atoms with E-state index in [9.17, 15) is 0 Å². The Morgan fingerprint density at radius 1 is 1.24 bits per heavy atom. The second-order valence-corrected chi connectivity index (χ2v) is 6.34. The Labute approximate surface area is 126 Å². The van der Waals surface area contributed by atoms with Crippen molar-refractivity contribution in [2.75, 3.05) is 19.6 Å². The summed E-state index contributed by atoms with van der Waals surface area (Å²) in [6, 6.07) is 10.3. The third-order valence-electron chi connectivity index (χ3n) is 3.93. The van der Waals surface area contributed by atoms with Crippen LogP contribution in [-0.2, 0) is 6.42 Å². The van der Waals surface area contributed by atoms with Gasteiger partial charge in [0.2, 0.25) is 11.8 Å². The molecule has 1 aromatic carbocycles. The van der Waals surface area contributed by atoms with Crippen LogP contribution in [0, 0.1) is 5.92 Å². The maximum atomic E-state index is 5.88. The smallest absolute Gasteiger partial charge is 0.220 e. The molecule has 1 unspecified atom stereocenters. The van der Waals surface area contributed by atoms with Crippen molar-refractivity contribution < 1.29 is 4.42 Å².